The van der Waals surface area contributed by atoms with Crippen LogP contribution in [0.15, 0.2) is 48.5 Å². The molecule has 2 heterocycles. The van der Waals surface area contributed by atoms with E-state index in [1.165, 1.54) is 18.2 Å². The minimum Gasteiger partial charge on any atom is -0.319 e. The minimum absolute atomic E-state index is 0.0927. The number of hydrogen-bond donors (Lipinski definition) is 1. The van der Waals surface area contributed by atoms with E-state index in [0.29, 0.717) is 20.8 Å². The van der Waals surface area contributed by atoms with Gasteiger partial charge in [0.1, 0.15) is 5.82 Å². The van der Waals surface area contributed by atoms with Crippen LogP contribution in [0.3, 0.4) is 0 Å². The maximum absolute atomic E-state index is 13.6. The number of aryl methyl sites for hydroxylation is 1. The van der Waals surface area contributed by atoms with Crippen LogP contribution in [0.4, 0.5) is 23.2 Å². The summed E-state index contributed by atoms with van der Waals surface area (Å²) in [7, 11) is 0. The Bertz CT molecular complexity index is 1300. The molecule has 0 saturated carbocycles. The predicted octanol–water partition coefficient (Wildman–Crippen LogP) is 5.16. The molecule has 6 nitrogen and oxygen atoms in total. The monoisotopic (exact) mass is 449 g/mol. The van der Waals surface area contributed by atoms with Crippen LogP contribution < -0.4 is 5.32 Å². The van der Waals surface area contributed by atoms with Crippen molar-refractivity contribution in [3.63, 3.8) is 0 Å². The summed E-state index contributed by atoms with van der Waals surface area (Å²) >= 11 is 5.92. The van der Waals surface area contributed by atoms with Gasteiger partial charge in [-0.15, -0.1) is 5.10 Å². The van der Waals surface area contributed by atoms with Gasteiger partial charge in [0.15, 0.2) is 5.69 Å². The molecule has 0 atom stereocenters. The summed E-state index contributed by atoms with van der Waals surface area (Å²) in [5.41, 5.74) is 0.0340. The third kappa shape index (κ3) is 4.19. The van der Waals surface area contributed by atoms with E-state index in [-0.39, 0.29) is 11.3 Å². The zero-order chi connectivity index (χ0) is 22.3. The number of carbonyl (C=O) groups is 1. The van der Waals surface area contributed by atoms with Crippen molar-refractivity contribution in [2.45, 2.75) is 13.1 Å². The van der Waals surface area contributed by atoms with Crippen molar-refractivity contribution in [3.8, 4) is 11.3 Å². The lowest BCUT2D eigenvalue weighted by Gasteiger charge is -2.10. The van der Waals surface area contributed by atoms with Crippen molar-refractivity contribution >= 4 is 29.0 Å². The maximum Gasteiger partial charge on any atom is 0.433 e. The molecule has 0 unspecified atom stereocenters. The molecule has 2 aromatic carbocycles. The van der Waals surface area contributed by atoms with Crippen molar-refractivity contribution in [3.05, 3.63) is 76.5 Å². The lowest BCUT2D eigenvalue weighted by atomic mass is 10.1. The van der Waals surface area contributed by atoms with Crippen LogP contribution >= 0.6 is 11.6 Å². The Hall–Kier alpha value is -3.53. The average molecular weight is 450 g/mol. The van der Waals surface area contributed by atoms with Crippen LogP contribution in [0.1, 0.15) is 21.9 Å². The van der Waals surface area contributed by atoms with Gasteiger partial charge in [0.25, 0.3) is 11.7 Å². The number of fused-ring (bicyclic) bond motifs is 1. The van der Waals surface area contributed by atoms with Crippen molar-refractivity contribution in [2.24, 2.45) is 0 Å². The summed E-state index contributed by atoms with van der Waals surface area (Å²) in [6, 6.07) is 10.4. The molecule has 0 spiro atoms. The quantitative estimate of drug-likeness (QED) is 0.438. The molecular formula is C20H12ClF4N5O. The molecule has 158 valence electrons. The Balaban J connectivity index is 1.79. The molecule has 1 N–H and O–H groups in total. The first-order valence-corrected chi connectivity index (χ1v) is 9.18. The van der Waals surface area contributed by atoms with E-state index >= 15 is 0 Å². The second-order valence-corrected chi connectivity index (χ2v) is 7.03. The summed E-state index contributed by atoms with van der Waals surface area (Å²) in [6.07, 6.45) is -4.80. The second-order valence-electron chi connectivity index (χ2n) is 6.59. The molecule has 4 rings (SSSR count). The fraction of sp³-hybridized carbons (Fsp3) is 0.100. The molecule has 31 heavy (non-hydrogen) atoms. The summed E-state index contributed by atoms with van der Waals surface area (Å²) in [5.74, 6) is -2.30. The lowest BCUT2D eigenvalue weighted by molar-refractivity contribution is -0.142. The molecule has 0 aliphatic carbocycles. The van der Waals surface area contributed by atoms with E-state index in [0.717, 1.165) is 18.2 Å². The number of benzene rings is 2. The summed E-state index contributed by atoms with van der Waals surface area (Å²) in [5, 5.41) is 6.59. The van der Waals surface area contributed by atoms with E-state index in [2.05, 4.69) is 20.4 Å². The molecular weight excluding hydrogens is 438 g/mol. The summed E-state index contributed by atoms with van der Waals surface area (Å²) < 4.78 is 54.5. The number of rotatable bonds is 3. The van der Waals surface area contributed by atoms with Gasteiger partial charge in [-0.1, -0.05) is 17.7 Å². The topological polar surface area (TPSA) is 72.2 Å². The Labute approximate surface area is 177 Å². The fourth-order valence-electron chi connectivity index (χ4n) is 2.84. The number of nitrogens with one attached hydrogen (secondary N) is 1. The first-order valence-electron chi connectivity index (χ1n) is 8.80. The van der Waals surface area contributed by atoms with Crippen molar-refractivity contribution < 1.29 is 22.4 Å². The van der Waals surface area contributed by atoms with E-state index in [1.54, 1.807) is 19.1 Å². The highest BCUT2D eigenvalue weighted by Gasteiger charge is 2.36. The zero-order valence-electron chi connectivity index (χ0n) is 15.7. The van der Waals surface area contributed by atoms with Gasteiger partial charge >= 0.3 is 6.18 Å². The van der Waals surface area contributed by atoms with Gasteiger partial charge in [-0.05, 0) is 55.0 Å². The third-order valence-corrected chi connectivity index (χ3v) is 4.63. The number of amides is 1. The molecule has 0 aliphatic rings. The van der Waals surface area contributed by atoms with Crippen molar-refractivity contribution in [2.75, 3.05) is 5.32 Å². The third-order valence-electron chi connectivity index (χ3n) is 4.39. The van der Waals surface area contributed by atoms with Gasteiger partial charge in [-0.3, -0.25) is 4.79 Å². The van der Waals surface area contributed by atoms with Crippen LogP contribution in [0.2, 0.25) is 5.02 Å². The number of nitrogens with zero attached hydrogens (tertiary/aromatic N) is 4. The van der Waals surface area contributed by atoms with E-state index in [9.17, 15) is 22.4 Å². The molecule has 0 saturated heterocycles. The van der Waals surface area contributed by atoms with Crippen LogP contribution in [0.25, 0.3) is 17.0 Å². The molecule has 0 aliphatic heterocycles. The Kier molecular flexibility index (Phi) is 5.10. The number of halogens is 5. The van der Waals surface area contributed by atoms with Crippen LogP contribution in [0.5, 0.6) is 0 Å². The Morgan fingerprint density at radius 2 is 1.77 bits per heavy atom. The zero-order valence-corrected chi connectivity index (χ0v) is 16.5. The molecule has 1 amide bonds. The first kappa shape index (κ1) is 20.7. The van der Waals surface area contributed by atoms with Crippen LogP contribution in [0, 0.1) is 12.7 Å². The molecule has 0 bridgehead atoms. The standard InChI is InChI=1S/C20H12ClF4N5O/c1-10-2-5-12(21)8-14(10)26-18(31)17-28-19-27-15(11-3-6-13(22)7-4-11)9-16(20(23,24)25)30(19)29-17/h2-9H,1H3,(H,26,31). The second kappa shape index (κ2) is 7.62. The summed E-state index contributed by atoms with van der Waals surface area (Å²) in [4.78, 5) is 20.5. The number of carbonyl (C=O) groups excluding carboxylic acids is 1. The van der Waals surface area contributed by atoms with Gasteiger partial charge in [0.05, 0.1) is 5.69 Å². The predicted molar refractivity (Wildman–Crippen MR) is 105 cm³/mol. The van der Waals surface area contributed by atoms with Gasteiger partial charge in [-0.2, -0.15) is 22.7 Å². The van der Waals surface area contributed by atoms with E-state index in [1.807, 2.05) is 0 Å². The molecule has 0 radical (unpaired) electrons. The first-order chi connectivity index (χ1) is 14.6. The molecule has 4 aromatic rings. The largest absolute Gasteiger partial charge is 0.433 e. The van der Waals surface area contributed by atoms with Gasteiger partial charge < -0.3 is 5.32 Å². The number of hydrogen-bond acceptors (Lipinski definition) is 4. The Morgan fingerprint density at radius 1 is 1.06 bits per heavy atom. The average Bonchev–Trinajstić information content (AvgIpc) is 3.14. The molecule has 2 aromatic heterocycles. The lowest BCUT2D eigenvalue weighted by Crippen LogP contribution is -2.16. The smallest absolute Gasteiger partial charge is 0.319 e. The maximum atomic E-state index is 13.6. The SMILES string of the molecule is Cc1ccc(Cl)cc1NC(=O)c1nc2nc(-c3ccc(F)cc3)cc(C(F)(F)F)n2n1. The highest BCUT2D eigenvalue weighted by atomic mass is 35.5. The fourth-order valence-corrected chi connectivity index (χ4v) is 3.01. The number of aromatic nitrogens is 4. The van der Waals surface area contributed by atoms with E-state index < -0.39 is 35.2 Å². The molecule has 0 fully saturated rings. The van der Waals surface area contributed by atoms with Crippen molar-refractivity contribution in [1.82, 2.24) is 19.6 Å². The summed E-state index contributed by atoms with van der Waals surface area (Å²) in [6.45, 7) is 1.72. The van der Waals surface area contributed by atoms with Gasteiger partial charge in [0, 0.05) is 16.3 Å². The van der Waals surface area contributed by atoms with Gasteiger partial charge in [0.2, 0.25) is 5.82 Å². The number of alkyl halides is 3. The minimum atomic E-state index is -4.80. The van der Waals surface area contributed by atoms with Gasteiger partial charge in [-0.25, -0.2) is 9.37 Å². The van der Waals surface area contributed by atoms with E-state index in [4.69, 9.17) is 11.6 Å². The van der Waals surface area contributed by atoms with Crippen LogP contribution in [-0.2, 0) is 6.18 Å². The Morgan fingerprint density at radius 3 is 2.45 bits per heavy atom. The highest BCUT2D eigenvalue weighted by molar-refractivity contribution is 6.31. The number of anilines is 1. The van der Waals surface area contributed by atoms with Crippen molar-refractivity contribution in [1.29, 1.82) is 0 Å². The van der Waals surface area contributed by atoms with Crippen LogP contribution in [-0.4, -0.2) is 25.5 Å². The highest BCUT2D eigenvalue weighted by Crippen LogP contribution is 2.32. The molecule has 11 heteroatoms. The normalized spacial score (nSPS) is 11.7.